The summed E-state index contributed by atoms with van der Waals surface area (Å²) in [5.74, 6) is 0.581. The average molecular weight is 278 g/mol. The molecule has 2 heterocycles. The molecule has 6 nitrogen and oxygen atoms in total. The number of nitrogens with zero attached hydrogens (tertiary/aromatic N) is 3. The van der Waals surface area contributed by atoms with Crippen LogP contribution < -0.4 is 5.73 Å². The molecule has 3 N–H and O–H groups in total. The SMILES string of the molecule is NC(=NCC(CO)Cc1ccccn1)N1CCOCC1. The molecule has 1 aliphatic rings. The zero-order valence-corrected chi connectivity index (χ0v) is 11.6. The van der Waals surface area contributed by atoms with Crippen molar-refractivity contribution in [3.05, 3.63) is 30.1 Å². The van der Waals surface area contributed by atoms with E-state index in [2.05, 4.69) is 9.98 Å². The summed E-state index contributed by atoms with van der Waals surface area (Å²) in [4.78, 5) is 10.7. The maximum absolute atomic E-state index is 9.44. The van der Waals surface area contributed by atoms with E-state index in [1.165, 1.54) is 0 Å². The van der Waals surface area contributed by atoms with Crippen LogP contribution in [0.1, 0.15) is 5.69 Å². The molecule has 20 heavy (non-hydrogen) atoms. The second kappa shape index (κ2) is 7.81. The van der Waals surface area contributed by atoms with Crippen molar-refractivity contribution in [3.8, 4) is 0 Å². The zero-order valence-electron chi connectivity index (χ0n) is 11.6. The van der Waals surface area contributed by atoms with E-state index in [0.717, 1.165) is 18.8 Å². The largest absolute Gasteiger partial charge is 0.396 e. The molecule has 1 saturated heterocycles. The molecule has 0 bridgehead atoms. The third-order valence-electron chi connectivity index (χ3n) is 3.33. The van der Waals surface area contributed by atoms with Crippen LogP contribution in [0.4, 0.5) is 0 Å². The zero-order chi connectivity index (χ0) is 14.2. The molecule has 110 valence electrons. The van der Waals surface area contributed by atoms with E-state index in [9.17, 15) is 5.11 Å². The van der Waals surface area contributed by atoms with Crippen molar-refractivity contribution >= 4 is 5.96 Å². The Morgan fingerprint density at radius 3 is 2.90 bits per heavy atom. The Balaban J connectivity index is 1.86. The lowest BCUT2D eigenvalue weighted by molar-refractivity contribution is 0.0673. The number of pyridine rings is 1. The van der Waals surface area contributed by atoms with Gasteiger partial charge in [0.15, 0.2) is 5.96 Å². The minimum atomic E-state index is 0.0458. The Morgan fingerprint density at radius 1 is 1.45 bits per heavy atom. The molecule has 1 aliphatic heterocycles. The van der Waals surface area contributed by atoms with Crippen LogP contribution in [-0.4, -0.2) is 60.4 Å². The van der Waals surface area contributed by atoms with Crippen molar-refractivity contribution in [1.82, 2.24) is 9.88 Å². The van der Waals surface area contributed by atoms with E-state index in [4.69, 9.17) is 10.5 Å². The number of morpholine rings is 1. The number of aliphatic hydroxyl groups excluding tert-OH is 1. The number of rotatable bonds is 5. The quantitative estimate of drug-likeness (QED) is 0.579. The third-order valence-corrected chi connectivity index (χ3v) is 3.33. The van der Waals surface area contributed by atoms with Crippen LogP contribution in [0.5, 0.6) is 0 Å². The van der Waals surface area contributed by atoms with E-state index in [1.54, 1.807) is 6.20 Å². The monoisotopic (exact) mass is 278 g/mol. The van der Waals surface area contributed by atoms with Crippen molar-refractivity contribution in [2.24, 2.45) is 16.6 Å². The first-order valence-electron chi connectivity index (χ1n) is 6.93. The van der Waals surface area contributed by atoms with E-state index in [1.807, 2.05) is 23.1 Å². The summed E-state index contributed by atoms with van der Waals surface area (Å²) in [5, 5.41) is 9.44. The van der Waals surface area contributed by atoms with Crippen LogP contribution >= 0.6 is 0 Å². The molecular formula is C14H22N4O2. The van der Waals surface area contributed by atoms with Gasteiger partial charge in [-0.1, -0.05) is 6.07 Å². The number of ether oxygens (including phenoxy) is 1. The molecule has 0 aliphatic carbocycles. The Labute approximate surface area is 119 Å². The highest BCUT2D eigenvalue weighted by Gasteiger charge is 2.14. The number of nitrogens with two attached hydrogens (primary N) is 1. The van der Waals surface area contributed by atoms with Crippen LogP contribution in [0, 0.1) is 5.92 Å². The maximum atomic E-state index is 9.44. The second-order valence-electron chi connectivity index (χ2n) is 4.87. The van der Waals surface area contributed by atoms with Crippen LogP contribution in [0.3, 0.4) is 0 Å². The number of aliphatic imine (C=N–C) groups is 1. The van der Waals surface area contributed by atoms with Gasteiger partial charge in [0, 0.05) is 44.0 Å². The van der Waals surface area contributed by atoms with E-state index >= 15 is 0 Å². The topological polar surface area (TPSA) is 84.0 Å². The highest BCUT2D eigenvalue weighted by atomic mass is 16.5. The minimum Gasteiger partial charge on any atom is -0.396 e. The number of aliphatic hydroxyl groups is 1. The molecule has 0 radical (unpaired) electrons. The number of hydrogen-bond acceptors (Lipinski definition) is 4. The standard InChI is InChI=1S/C14H22N4O2/c15-14(18-5-7-20-8-6-18)17-10-12(11-19)9-13-3-1-2-4-16-13/h1-4,12,19H,5-11H2,(H2,15,17). The highest BCUT2D eigenvalue weighted by Crippen LogP contribution is 2.07. The summed E-state index contributed by atoms with van der Waals surface area (Å²) in [7, 11) is 0. The van der Waals surface area contributed by atoms with Crippen molar-refractivity contribution in [2.45, 2.75) is 6.42 Å². The molecule has 0 saturated carbocycles. The fraction of sp³-hybridized carbons (Fsp3) is 0.571. The molecule has 6 heteroatoms. The summed E-state index contributed by atoms with van der Waals surface area (Å²) in [6.07, 6.45) is 2.46. The van der Waals surface area contributed by atoms with Crippen molar-refractivity contribution in [1.29, 1.82) is 0 Å². The Kier molecular flexibility index (Phi) is 5.76. The van der Waals surface area contributed by atoms with Gasteiger partial charge in [0.25, 0.3) is 0 Å². The Hall–Kier alpha value is -1.66. The first-order chi connectivity index (χ1) is 9.79. The molecule has 1 atom stereocenters. The normalized spacial score (nSPS) is 18.1. The van der Waals surface area contributed by atoms with Gasteiger partial charge in [-0.25, -0.2) is 0 Å². The smallest absolute Gasteiger partial charge is 0.191 e. The first kappa shape index (κ1) is 14.7. The third kappa shape index (κ3) is 4.47. The highest BCUT2D eigenvalue weighted by molar-refractivity contribution is 5.78. The maximum Gasteiger partial charge on any atom is 0.191 e. The lowest BCUT2D eigenvalue weighted by Gasteiger charge is -2.27. The minimum absolute atomic E-state index is 0.0458. The van der Waals surface area contributed by atoms with Crippen LogP contribution in [-0.2, 0) is 11.2 Å². The van der Waals surface area contributed by atoms with Gasteiger partial charge in [0.2, 0.25) is 0 Å². The second-order valence-corrected chi connectivity index (χ2v) is 4.87. The molecule has 1 unspecified atom stereocenters. The van der Waals surface area contributed by atoms with Gasteiger partial charge in [-0.15, -0.1) is 0 Å². The fourth-order valence-electron chi connectivity index (χ4n) is 2.12. The summed E-state index contributed by atoms with van der Waals surface area (Å²) in [6, 6.07) is 5.78. The van der Waals surface area contributed by atoms with Gasteiger partial charge in [0.05, 0.1) is 13.2 Å². The van der Waals surface area contributed by atoms with Crippen molar-refractivity contribution in [3.63, 3.8) is 0 Å². The summed E-state index contributed by atoms with van der Waals surface area (Å²) in [5.41, 5.74) is 6.93. The number of guanidine groups is 1. The summed E-state index contributed by atoms with van der Waals surface area (Å²) in [6.45, 7) is 3.52. The molecular weight excluding hydrogens is 256 g/mol. The lowest BCUT2D eigenvalue weighted by Crippen LogP contribution is -2.45. The molecule has 1 aromatic heterocycles. The molecule has 1 fully saturated rings. The first-order valence-corrected chi connectivity index (χ1v) is 6.93. The van der Waals surface area contributed by atoms with Gasteiger partial charge in [-0.05, 0) is 18.6 Å². The van der Waals surface area contributed by atoms with Gasteiger partial charge in [-0.2, -0.15) is 0 Å². The lowest BCUT2D eigenvalue weighted by atomic mass is 10.0. The fourth-order valence-corrected chi connectivity index (χ4v) is 2.12. The van der Waals surface area contributed by atoms with E-state index in [-0.39, 0.29) is 12.5 Å². The molecule has 1 aromatic rings. The molecule has 2 rings (SSSR count). The Morgan fingerprint density at radius 2 is 2.25 bits per heavy atom. The van der Waals surface area contributed by atoms with Crippen LogP contribution in [0.25, 0.3) is 0 Å². The molecule has 0 aromatic carbocycles. The van der Waals surface area contributed by atoms with Crippen molar-refractivity contribution < 1.29 is 9.84 Å². The van der Waals surface area contributed by atoms with Crippen LogP contribution in [0.2, 0.25) is 0 Å². The average Bonchev–Trinajstić information content (AvgIpc) is 2.53. The summed E-state index contributed by atoms with van der Waals surface area (Å²) >= 11 is 0. The Bertz CT molecular complexity index is 418. The molecule has 0 spiro atoms. The van der Waals surface area contributed by atoms with E-state index < -0.39 is 0 Å². The number of aromatic nitrogens is 1. The van der Waals surface area contributed by atoms with Gasteiger partial charge in [0.1, 0.15) is 0 Å². The predicted molar refractivity (Wildman–Crippen MR) is 77.4 cm³/mol. The number of hydrogen-bond donors (Lipinski definition) is 2. The molecule has 0 amide bonds. The van der Waals surface area contributed by atoms with Gasteiger partial charge < -0.3 is 20.5 Å². The van der Waals surface area contributed by atoms with E-state index in [0.29, 0.717) is 32.1 Å². The van der Waals surface area contributed by atoms with Gasteiger partial charge in [-0.3, -0.25) is 9.98 Å². The predicted octanol–water partition coefficient (Wildman–Crippen LogP) is -0.121. The van der Waals surface area contributed by atoms with Crippen LogP contribution in [0.15, 0.2) is 29.4 Å². The van der Waals surface area contributed by atoms with Gasteiger partial charge >= 0.3 is 0 Å². The van der Waals surface area contributed by atoms with Crippen molar-refractivity contribution in [2.75, 3.05) is 39.5 Å². The summed E-state index contributed by atoms with van der Waals surface area (Å²) < 4.78 is 5.28.